The third kappa shape index (κ3) is 6.03. The molecule has 0 atom stereocenters. The Balaban J connectivity index is 2.76. The fraction of sp³-hybridized carbons (Fsp3) is 0.500. The van der Waals surface area contributed by atoms with Crippen molar-refractivity contribution in [1.29, 1.82) is 0 Å². The summed E-state index contributed by atoms with van der Waals surface area (Å²) in [5, 5.41) is 0. The van der Waals surface area contributed by atoms with Crippen LogP contribution in [0.15, 0.2) is 18.2 Å². The number of hydrogen-bond donors (Lipinski definition) is 0. The molecule has 1 aromatic carbocycles. The molecule has 5 heteroatoms. The van der Waals surface area contributed by atoms with Gasteiger partial charge in [0.1, 0.15) is 0 Å². The summed E-state index contributed by atoms with van der Waals surface area (Å²) in [6.07, 6.45) is 1.83. The maximum absolute atomic E-state index is 12.1. The first-order valence-corrected chi connectivity index (χ1v) is 8.17. The number of esters is 2. The zero-order chi connectivity index (χ0) is 15.8. The molecule has 21 heavy (non-hydrogen) atoms. The Labute approximate surface area is 139 Å². The van der Waals surface area contributed by atoms with Crippen LogP contribution < -0.4 is 0 Å². The molecular formula is C16H21IO4. The van der Waals surface area contributed by atoms with Crippen molar-refractivity contribution in [3.63, 3.8) is 0 Å². The molecule has 0 saturated heterocycles. The molecule has 0 aromatic heterocycles. The number of hydrogen-bond acceptors (Lipinski definition) is 4. The Hall–Kier alpha value is -1.11. The van der Waals surface area contributed by atoms with Gasteiger partial charge in [0.2, 0.25) is 0 Å². The van der Waals surface area contributed by atoms with Gasteiger partial charge < -0.3 is 9.47 Å². The second-order valence-electron chi connectivity index (χ2n) is 5.08. The lowest BCUT2D eigenvalue weighted by molar-refractivity contribution is 0.0460. The molecule has 0 saturated carbocycles. The zero-order valence-electron chi connectivity index (χ0n) is 12.6. The van der Waals surface area contributed by atoms with Crippen LogP contribution in [0.3, 0.4) is 0 Å². The van der Waals surface area contributed by atoms with Gasteiger partial charge in [-0.15, -0.1) is 0 Å². The topological polar surface area (TPSA) is 52.6 Å². The molecule has 116 valence electrons. The third-order valence-corrected chi connectivity index (χ3v) is 3.53. The van der Waals surface area contributed by atoms with E-state index < -0.39 is 11.9 Å². The van der Waals surface area contributed by atoms with Crippen LogP contribution in [-0.4, -0.2) is 25.2 Å². The van der Waals surface area contributed by atoms with E-state index in [0.717, 1.165) is 16.4 Å². The van der Waals surface area contributed by atoms with Crippen molar-refractivity contribution < 1.29 is 19.1 Å². The molecule has 0 aliphatic rings. The average molecular weight is 404 g/mol. The van der Waals surface area contributed by atoms with E-state index in [1.54, 1.807) is 25.1 Å². The first kappa shape index (κ1) is 17.9. The Morgan fingerprint density at radius 3 is 2.43 bits per heavy atom. The highest BCUT2D eigenvalue weighted by molar-refractivity contribution is 14.1. The summed E-state index contributed by atoms with van der Waals surface area (Å²) in [5.74, 6) is -0.388. The van der Waals surface area contributed by atoms with Gasteiger partial charge in [-0.2, -0.15) is 0 Å². The normalized spacial score (nSPS) is 10.5. The van der Waals surface area contributed by atoms with Crippen LogP contribution in [0.4, 0.5) is 0 Å². The monoisotopic (exact) mass is 404 g/mol. The van der Waals surface area contributed by atoms with Crippen LogP contribution in [0.1, 0.15) is 54.3 Å². The number of rotatable bonds is 7. The van der Waals surface area contributed by atoms with E-state index in [1.165, 1.54) is 0 Å². The first-order valence-electron chi connectivity index (χ1n) is 7.09. The molecule has 0 fully saturated rings. The minimum Gasteiger partial charge on any atom is -0.462 e. The van der Waals surface area contributed by atoms with Crippen molar-refractivity contribution >= 4 is 34.5 Å². The Kier molecular flexibility index (Phi) is 7.71. The van der Waals surface area contributed by atoms with Gasteiger partial charge in [-0.25, -0.2) is 9.59 Å². The van der Waals surface area contributed by atoms with Crippen LogP contribution in [0.25, 0.3) is 0 Å². The van der Waals surface area contributed by atoms with Crippen LogP contribution >= 0.6 is 22.6 Å². The average Bonchev–Trinajstić information content (AvgIpc) is 2.43. The van der Waals surface area contributed by atoms with E-state index in [9.17, 15) is 9.59 Å². The summed E-state index contributed by atoms with van der Waals surface area (Å²) in [7, 11) is 0. The van der Waals surface area contributed by atoms with Crippen molar-refractivity contribution in [3.05, 3.63) is 32.9 Å². The molecule has 4 nitrogen and oxygen atoms in total. The van der Waals surface area contributed by atoms with Gasteiger partial charge in [0.15, 0.2) is 0 Å². The van der Waals surface area contributed by atoms with Crippen molar-refractivity contribution in [3.8, 4) is 0 Å². The minimum atomic E-state index is -0.495. The molecule has 0 aliphatic carbocycles. The summed E-state index contributed by atoms with van der Waals surface area (Å²) >= 11 is 2.09. The van der Waals surface area contributed by atoms with Gasteiger partial charge in [0.05, 0.1) is 24.3 Å². The van der Waals surface area contributed by atoms with Gasteiger partial charge in [0, 0.05) is 3.57 Å². The van der Waals surface area contributed by atoms with E-state index in [0.29, 0.717) is 12.5 Å². The number of halogens is 1. The lowest BCUT2D eigenvalue weighted by Crippen LogP contribution is -2.15. The van der Waals surface area contributed by atoms with Gasteiger partial charge in [-0.3, -0.25) is 0 Å². The number of benzene rings is 1. The number of carbonyl (C=O) groups excluding carboxylic acids is 2. The summed E-state index contributed by atoms with van der Waals surface area (Å²) in [6, 6.07) is 5.02. The van der Waals surface area contributed by atoms with E-state index in [1.807, 2.05) is 0 Å². The van der Waals surface area contributed by atoms with Crippen LogP contribution in [-0.2, 0) is 9.47 Å². The van der Waals surface area contributed by atoms with E-state index >= 15 is 0 Å². The highest BCUT2D eigenvalue weighted by atomic mass is 127. The maximum Gasteiger partial charge on any atom is 0.339 e. The summed E-state index contributed by atoms with van der Waals surface area (Å²) < 4.78 is 11.1. The van der Waals surface area contributed by atoms with Crippen molar-refractivity contribution in [2.45, 2.75) is 33.6 Å². The molecule has 0 heterocycles. The SMILES string of the molecule is CCOC(=O)c1cc(I)ccc1C(=O)OCCCC(C)C. The van der Waals surface area contributed by atoms with Crippen LogP contribution in [0.5, 0.6) is 0 Å². The first-order chi connectivity index (χ1) is 9.95. The van der Waals surface area contributed by atoms with Crippen molar-refractivity contribution in [2.24, 2.45) is 5.92 Å². The lowest BCUT2D eigenvalue weighted by atomic mass is 10.1. The number of carbonyl (C=O) groups is 2. The predicted octanol–water partition coefficient (Wildman–Crippen LogP) is 4.06. The summed E-state index contributed by atoms with van der Waals surface area (Å²) in [5.41, 5.74) is 0.524. The van der Waals surface area contributed by atoms with Gasteiger partial charge in [-0.05, 0) is 66.5 Å². The summed E-state index contributed by atoms with van der Waals surface area (Å²) in [6.45, 7) is 6.62. The van der Waals surface area contributed by atoms with E-state index in [2.05, 4.69) is 36.4 Å². The van der Waals surface area contributed by atoms with E-state index in [-0.39, 0.29) is 17.7 Å². The molecule has 0 aliphatic heterocycles. The summed E-state index contributed by atoms with van der Waals surface area (Å²) in [4.78, 5) is 24.0. The smallest absolute Gasteiger partial charge is 0.339 e. The molecule has 0 amide bonds. The fourth-order valence-corrected chi connectivity index (χ4v) is 2.30. The van der Waals surface area contributed by atoms with Gasteiger partial charge >= 0.3 is 11.9 Å². The van der Waals surface area contributed by atoms with Crippen molar-refractivity contribution in [1.82, 2.24) is 0 Å². The molecule has 0 N–H and O–H groups in total. The zero-order valence-corrected chi connectivity index (χ0v) is 14.8. The largest absolute Gasteiger partial charge is 0.462 e. The second-order valence-corrected chi connectivity index (χ2v) is 6.33. The highest BCUT2D eigenvalue weighted by Crippen LogP contribution is 2.17. The third-order valence-electron chi connectivity index (χ3n) is 2.86. The molecular weight excluding hydrogens is 383 g/mol. The standard InChI is InChI=1S/C16H21IO4/c1-4-20-16(19)14-10-12(17)7-8-13(14)15(18)21-9-5-6-11(2)3/h7-8,10-11H,4-6,9H2,1-3H3. The quantitative estimate of drug-likeness (QED) is 0.391. The van der Waals surface area contributed by atoms with Crippen LogP contribution in [0, 0.1) is 9.49 Å². The molecule has 1 rings (SSSR count). The number of ether oxygens (including phenoxy) is 2. The molecule has 0 spiro atoms. The Bertz CT molecular complexity index is 497. The second kappa shape index (κ2) is 9.02. The lowest BCUT2D eigenvalue weighted by Gasteiger charge is -2.10. The van der Waals surface area contributed by atoms with Gasteiger partial charge in [0.25, 0.3) is 0 Å². The molecule has 0 bridgehead atoms. The molecule has 1 aromatic rings. The molecule has 0 radical (unpaired) electrons. The van der Waals surface area contributed by atoms with Crippen molar-refractivity contribution in [2.75, 3.05) is 13.2 Å². The van der Waals surface area contributed by atoms with Gasteiger partial charge in [-0.1, -0.05) is 13.8 Å². The Morgan fingerprint density at radius 1 is 1.14 bits per heavy atom. The maximum atomic E-state index is 12.1. The molecule has 0 unspecified atom stereocenters. The fourth-order valence-electron chi connectivity index (χ4n) is 1.81. The van der Waals surface area contributed by atoms with Crippen LogP contribution in [0.2, 0.25) is 0 Å². The predicted molar refractivity (Wildman–Crippen MR) is 89.5 cm³/mol. The highest BCUT2D eigenvalue weighted by Gasteiger charge is 2.19. The van der Waals surface area contributed by atoms with E-state index in [4.69, 9.17) is 9.47 Å². The Morgan fingerprint density at radius 2 is 1.81 bits per heavy atom. The minimum absolute atomic E-state index is 0.262.